The van der Waals surface area contributed by atoms with Gasteiger partial charge in [0.15, 0.2) is 6.29 Å². The van der Waals surface area contributed by atoms with Crippen LogP contribution >= 0.6 is 27.5 Å². The van der Waals surface area contributed by atoms with Crippen molar-refractivity contribution >= 4 is 33.8 Å². The van der Waals surface area contributed by atoms with Crippen molar-refractivity contribution in [2.45, 2.75) is 0 Å². The fourth-order valence-electron chi connectivity index (χ4n) is 1.19. The zero-order valence-corrected chi connectivity index (χ0v) is 9.84. The van der Waals surface area contributed by atoms with Crippen molar-refractivity contribution in [3.63, 3.8) is 0 Å². The molecule has 0 aliphatic carbocycles. The maximum atomic E-state index is 10.5. The number of benzene rings is 1. The molecule has 0 saturated carbocycles. The van der Waals surface area contributed by atoms with E-state index in [2.05, 4.69) is 25.9 Å². The normalized spacial score (nSPS) is 10.3. The van der Waals surface area contributed by atoms with Crippen LogP contribution < -0.4 is 0 Å². The maximum absolute atomic E-state index is 10.5. The van der Waals surface area contributed by atoms with Gasteiger partial charge in [0, 0.05) is 10.0 Å². The number of aromatic amines is 1. The number of rotatable bonds is 2. The van der Waals surface area contributed by atoms with Gasteiger partial charge in [-0.15, -0.1) is 0 Å². The van der Waals surface area contributed by atoms with Gasteiger partial charge >= 0.3 is 0 Å². The van der Waals surface area contributed by atoms with Crippen LogP contribution in [0.25, 0.3) is 11.4 Å². The highest BCUT2D eigenvalue weighted by molar-refractivity contribution is 9.10. The number of halogens is 2. The Kier molecular flexibility index (Phi) is 2.88. The molecule has 0 aliphatic heterocycles. The molecular formula is C10H6BrClN2O. The van der Waals surface area contributed by atoms with Gasteiger partial charge in [0.1, 0.15) is 5.82 Å². The van der Waals surface area contributed by atoms with Crippen molar-refractivity contribution in [2.24, 2.45) is 0 Å². The Morgan fingerprint density at radius 3 is 2.87 bits per heavy atom. The minimum absolute atomic E-state index is 0.448. The molecule has 1 N–H and O–H groups in total. The molecule has 0 aliphatic rings. The van der Waals surface area contributed by atoms with Crippen LogP contribution in [0, 0.1) is 0 Å². The van der Waals surface area contributed by atoms with E-state index in [1.807, 2.05) is 12.1 Å². The highest BCUT2D eigenvalue weighted by Crippen LogP contribution is 2.27. The predicted octanol–water partition coefficient (Wildman–Crippen LogP) is 3.31. The van der Waals surface area contributed by atoms with E-state index in [0.29, 0.717) is 16.5 Å². The quantitative estimate of drug-likeness (QED) is 0.861. The van der Waals surface area contributed by atoms with Gasteiger partial charge < -0.3 is 4.98 Å². The van der Waals surface area contributed by atoms with Gasteiger partial charge in [0.25, 0.3) is 0 Å². The second kappa shape index (κ2) is 4.16. The molecule has 0 fully saturated rings. The fourth-order valence-corrected chi connectivity index (χ4v) is 1.61. The first-order valence-electron chi connectivity index (χ1n) is 4.16. The molecule has 5 heteroatoms. The number of imidazole rings is 1. The Bertz CT molecular complexity index is 510. The van der Waals surface area contributed by atoms with Crippen LogP contribution in [0.3, 0.4) is 0 Å². The zero-order chi connectivity index (χ0) is 10.8. The third kappa shape index (κ3) is 2.11. The molecule has 1 aromatic heterocycles. The summed E-state index contributed by atoms with van der Waals surface area (Å²) in [6, 6.07) is 5.48. The van der Waals surface area contributed by atoms with E-state index in [9.17, 15) is 4.79 Å². The first kappa shape index (κ1) is 10.4. The molecule has 1 heterocycles. The second-order valence-corrected chi connectivity index (χ2v) is 4.20. The predicted molar refractivity (Wildman–Crippen MR) is 62.1 cm³/mol. The summed E-state index contributed by atoms with van der Waals surface area (Å²) in [6.45, 7) is 0. The Balaban J connectivity index is 2.44. The second-order valence-electron chi connectivity index (χ2n) is 2.93. The summed E-state index contributed by atoms with van der Waals surface area (Å²) in [4.78, 5) is 17.4. The van der Waals surface area contributed by atoms with Gasteiger partial charge in [0.2, 0.25) is 0 Å². The number of aromatic nitrogens is 2. The molecule has 0 saturated heterocycles. The van der Waals surface area contributed by atoms with Crippen LogP contribution in [0.1, 0.15) is 10.5 Å². The Morgan fingerprint density at radius 2 is 2.27 bits per heavy atom. The topological polar surface area (TPSA) is 45.8 Å². The number of H-pyrrole nitrogens is 1. The smallest absolute Gasteiger partial charge is 0.167 e. The average molecular weight is 286 g/mol. The third-order valence-electron chi connectivity index (χ3n) is 1.92. The highest BCUT2D eigenvalue weighted by atomic mass is 79.9. The van der Waals surface area contributed by atoms with Gasteiger partial charge in [-0.1, -0.05) is 17.7 Å². The van der Waals surface area contributed by atoms with E-state index < -0.39 is 0 Å². The van der Waals surface area contributed by atoms with Crippen molar-refractivity contribution < 1.29 is 4.79 Å². The summed E-state index contributed by atoms with van der Waals surface area (Å²) in [7, 11) is 0. The summed E-state index contributed by atoms with van der Waals surface area (Å²) in [5.41, 5.74) is 1.29. The number of nitrogens with zero attached hydrogens (tertiary/aromatic N) is 1. The van der Waals surface area contributed by atoms with E-state index in [4.69, 9.17) is 11.6 Å². The molecule has 2 aromatic rings. The first-order chi connectivity index (χ1) is 7.20. The molecule has 0 radical (unpaired) electrons. The van der Waals surface area contributed by atoms with Crippen molar-refractivity contribution in [2.75, 3.05) is 0 Å². The molecule has 2 rings (SSSR count). The largest absolute Gasteiger partial charge is 0.336 e. The molecular weight excluding hydrogens is 279 g/mol. The Morgan fingerprint density at radius 1 is 1.47 bits per heavy atom. The summed E-state index contributed by atoms with van der Waals surface area (Å²) in [5, 5.41) is 0.608. The first-order valence-corrected chi connectivity index (χ1v) is 5.33. The lowest BCUT2D eigenvalue weighted by atomic mass is 10.2. The summed E-state index contributed by atoms with van der Waals surface area (Å²) in [5.74, 6) is 0.631. The van der Waals surface area contributed by atoms with E-state index >= 15 is 0 Å². The van der Waals surface area contributed by atoms with Crippen LogP contribution in [-0.2, 0) is 0 Å². The molecule has 0 bridgehead atoms. The zero-order valence-electron chi connectivity index (χ0n) is 7.50. The van der Waals surface area contributed by atoms with Crippen LogP contribution in [-0.4, -0.2) is 16.3 Å². The number of aldehydes is 1. The van der Waals surface area contributed by atoms with Crippen molar-refractivity contribution in [1.29, 1.82) is 0 Å². The maximum Gasteiger partial charge on any atom is 0.167 e. The third-order valence-corrected chi connectivity index (χ3v) is 3.15. The summed E-state index contributed by atoms with van der Waals surface area (Å²) in [6.07, 6.45) is 2.20. The molecule has 0 atom stereocenters. The Hall–Kier alpha value is -1.13. The van der Waals surface area contributed by atoms with Crippen molar-refractivity contribution in [3.8, 4) is 11.4 Å². The number of nitrogens with one attached hydrogen (secondary N) is 1. The highest BCUT2D eigenvalue weighted by Gasteiger charge is 2.05. The lowest BCUT2D eigenvalue weighted by Crippen LogP contribution is -1.82. The standard InChI is InChI=1S/C10H6BrClN2O/c11-8-2-1-6(3-9(8)12)10-13-4-7(5-15)14-10/h1-5H,(H,13,14). The molecule has 76 valence electrons. The Labute approximate surface area is 99.6 Å². The van der Waals surface area contributed by atoms with Gasteiger partial charge in [-0.05, 0) is 28.1 Å². The molecule has 0 spiro atoms. The van der Waals surface area contributed by atoms with Crippen LogP contribution in [0.5, 0.6) is 0 Å². The van der Waals surface area contributed by atoms with Crippen molar-refractivity contribution in [3.05, 3.63) is 39.6 Å². The minimum Gasteiger partial charge on any atom is -0.336 e. The van der Waals surface area contributed by atoms with Gasteiger partial charge in [0.05, 0.1) is 16.9 Å². The monoisotopic (exact) mass is 284 g/mol. The molecule has 0 amide bonds. The van der Waals surface area contributed by atoms with E-state index in [0.717, 1.165) is 16.3 Å². The van der Waals surface area contributed by atoms with Gasteiger partial charge in [-0.3, -0.25) is 4.79 Å². The van der Waals surface area contributed by atoms with Crippen molar-refractivity contribution in [1.82, 2.24) is 9.97 Å². The molecule has 0 unspecified atom stereocenters. The lowest BCUT2D eigenvalue weighted by molar-refractivity contribution is 0.111. The fraction of sp³-hybridized carbons (Fsp3) is 0. The molecule has 15 heavy (non-hydrogen) atoms. The molecule has 3 nitrogen and oxygen atoms in total. The van der Waals surface area contributed by atoms with Crippen LogP contribution in [0.4, 0.5) is 0 Å². The van der Waals surface area contributed by atoms with Gasteiger partial charge in [-0.2, -0.15) is 0 Å². The van der Waals surface area contributed by atoms with E-state index in [1.54, 1.807) is 6.07 Å². The molecule has 1 aromatic carbocycles. The SMILES string of the molecule is O=Cc1cnc(-c2ccc(Br)c(Cl)c2)[nH]1. The number of carbonyl (C=O) groups is 1. The van der Waals surface area contributed by atoms with Gasteiger partial charge in [-0.25, -0.2) is 4.98 Å². The lowest BCUT2D eigenvalue weighted by Gasteiger charge is -1.99. The summed E-state index contributed by atoms with van der Waals surface area (Å²) >= 11 is 9.25. The number of hydrogen-bond donors (Lipinski definition) is 1. The number of hydrogen-bond acceptors (Lipinski definition) is 2. The van der Waals surface area contributed by atoms with Crippen LogP contribution in [0.2, 0.25) is 5.02 Å². The van der Waals surface area contributed by atoms with E-state index in [1.165, 1.54) is 6.20 Å². The minimum atomic E-state index is 0.448. The number of carbonyl (C=O) groups excluding carboxylic acids is 1. The van der Waals surface area contributed by atoms with Crippen LogP contribution in [0.15, 0.2) is 28.9 Å². The average Bonchev–Trinajstić information content (AvgIpc) is 2.70. The van der Waals surface area contributed by atoms with E-state index in [-0.39, 0.29) is 0 Å². The summed E-state index contributed by atoms with van der Waals surface area (Å²) < 4.78 is 0.829.